The number of hydrogen-bond donors (Lipinski definition) is 1. The van der Waals surface area contributed by atoms with Crippen LogP contribution in [0, 0.1) is 6.92 Å². The van der Waals surface area contributed by atoms with Gasteiger partial charge in [0.25, 0.3) is 11.8 Å². The van der Waals surface area contributed by atoms with E-state index in [1.165, 1.54) is 28.6 Å². The minimum Gasteiger partial charge on any atom is -0.373 e. The van der Waals surface area contributed by atoms with E-state index in [1.807, 2.05) is 26.8 Å². The van der Waals surface area contributed by atoms with Crippen LogP contribution in [-0.2, 0) is 14.8 Å². The highest BCUT2D eigenvalue weighted by Crippen LogP contribution is 2.26. The topological polar surface area (TPSA) is 96.0 Å². The van der Waals surface area contributed by atoms with Crippen LogP contribution in [-0.4, -0.2) is 67.8 Å². The molecule has 0 bridgehead atoms. The molecule has 2 aliphatic heterocycles. The summed E-state index contributed by atoms with van der Waals surface area (Å²) in [6.07, 6.45) is 1.60. The summed E-state index contributed by atoms with van der Waals surface area (Å²) in [4.78, 5) is 27.9. The highest BCUT2D eigenvalue weighted by molar-refractivity contribution is 7.89. The van der Waals surface area contributed by atoms with Crippen LogP contribution in [0.5, 0.6) is 0 Å². The lowest BCUT2D eigenvalue weighted by Crippen LogP contribution is -2.48. The summed E-state index contributed by atoms with van der Waals surface area (Å²) < 4.78 is 33.2. The second-order valence-corrected chi connectivity index (χ2v) is 11.0. The normalized spacial score (nSPS) is 21.4. The van der Waals surface area contributed by atoms with Crippen LogP contribution in [0.15, 0.2) is 47.4 Å². The number of nitrogens with one attached hydrogen (secondary N) is 1. The molecule has 2 aromatic rings. The molecule has 9 heteroatoms. The molecule has 2 saturated heterocycles. The third-order valence-corrected chi connectivity index (χ3v) is 8.12. The zero-order chi connectivity index (χ0) is 24.5. The molecular formula is C25H31N3O5S. The number of para-hydroxylation sites is 1. The summed E-state index contributed by atoms with van der Waals surface area (Å²) in [5.41, 5.74) is 2.04. The molecule has 4 rings (SSSR count). The predicted molar refractivity (Wildman–Crippen MR) is 129 cm³/mol. The Morgan fingerprint density at radius 3 is 2.21 bits per heavy atom. The Morgan fingerprint density at radius 2 is 1.59 bits per heavy atom. The summed E-state index contributed by atoms with van der Waals surface area (Å²) in [6.45, 7) is 7.55. The summed E-state index contributed by atoms with van der Waals surface area (Å²) in [6, 6.07) is 11.3. The van der Waals surface area contributed by atoms with Gasteiger partial charge in [0.15, 0.2) is 0 Å². The van der Waals surface area contributed by atoms with Crippen LogP contribution in [0.25, 0.3) is 0 Å². The molecule has 34 heavy (non-hydrogen) atoms. The number of ether oxygens (including phenoxy) is 1. The van der Waals surface area contributed by atoms with Gasteiger partial charge in [0.05, 0.1) is 28.4 Å². The number of likely N-dealkylation sites (tertiary alicyclic amines) is 1. The number of amides is 2. The van der Waals surface area contributed by atoms with E-state index in [-0.39, 0.29) is 36.1 Å². The van der Waals surface area contributed by atoms with Crippen molar-refractivity contribution in [1.29, 1.82) is 0 Å². The number of sulfonamides is 1. The van der Waals surface area contributed by atoms with Crippen LogP contribution in [0.2, 0.25) is 0 Å². The highest BCUT2D eigenvalue weighted by atomic mass is 32.2. The smallest absolute Gasteiger partial charge is 0.255 e. The molecular weight excluding hydrogens is 454 g/mol. The van der Waals surface area contributed by atoms with Gasteiger partial charge in [-0.15, -0.1) is 0 Å². The minimum absolute atomic E-state index is 0.0908. The third kappa shape index (κ3) is 5.01. The van der Waals surface area contributed by atoms with Gasteiger partial charge in [0, 0.05) is 31.7 Å². The Bertz CT molecular complexity index is 1160. The molecule has 8 nitrogen and oxygen atoms in total. The fourth-order valence-electron chi connectivity index (χ4n) is 4.54. The van der Waals surface area contributed by atoms with Gasteiger partial charge in [0.2, 0.25) is 10.0 Å². The number of nitrogens with zero attached hydrogens (tertiary/aromatic N) is 2. The maximum absolute atomic E-state index is 13.1. The van der Waals surface area contributed by atoms with Crippen LogP contribution in [0.4, 0.5) is 5.69 Å². The summed E-state index contributed by atoms with van der Waals surface area (Å²) in [7, 11) is -3.69. The monoisotopic (exact) mass is 485 g/mol. The van der Waals surface area contributed by atoms with Crippen molar-refractivity contribution >= 4 is 27.5 Å². The zero-order valence-corrected chi connectivity index (χ0v) is 20.6. The summed E-state index contributed by atoms with van der Waals surface area (Å²) >= 11 is 0. The number of rotatable bonds is 5. The van der Waals surface area contributed by atoms with Crippen molar-refractivity contribution in [1.82, 2.24) is 9.21 Å². The second-order valence-electron chi connectivity index (χ2n) is 9.05. The van der Waals surface area contributed by atoms with E-state index in [0.29, 0.717) is 16.8 Å². The Labute approximate surface area is 200 Å². The van der Waals surface area contributed by atoms with E-state index in [1.54, 1.807) is 17.0 Å². The average Bonchev–Trinajstić information content (AvgIpc) is 3.34. The van der Waals surface area contributed by atoms with Gasteiger partial charge in [-0.25, -0.2) is 8.42 Å². The van der Waals surface area contributed by atoms with Crippen molar-refractivity contribution in [3.63, 3.8) is 0 Å². The Balaban J connectivity index is 1.52. The van der Waals surface area contributed by atoms with Crippen LogP contribution < -0.4 is 5.32 Å². The third-order valence-electron chi connectivity index (χ3n) is 6.28. The zero-order valence-electron chi connectivity index (χ0n) is 19.8. The summed E-state index contributed by atoms with van der Waals surface area (Å²) in [5.74, 6) is -0.491. The Morgan fingerprint density at radius 1 is 0.971 bits per heavy atom. The van der Waals surface area contributed by atoms with Crippen molar-refractivity contribution in [2.24, 2.45) is 0 Å². The molecule has 2 unspecified atom stereocenters. The molecule has 2 atom stereocenters. The van der Waals surface area contributed by atoms with E-state index in [9.17, 15) is 18.0 Å². The highest BCUT2D eigenvalue weighted by Gasteiger charge is 2.32. The van der Waals surface area contributed by atoms with Gasteiger partial charge in [-0.3, -0.25) is 9.59 Å². The fourth-order valence-corrected chi connectivity index (χ4v) is 6.13. The Kier molecular flexibility index (Phi) is 7.06. The lowest BCUT2D eigenvalue weighted by atomic mass is 10.1. The van der Waals surface area contributed by atoms with Crippen LogP contribution in [0.1, 0.15) is 53.0 Å². The first-order valence-electron chi connectivity index (χ1n) is 11.6. The number of anilines is 1. The molecule has 1 N–H and O–H groups in total. The number of benzene rings is 2. The number of carbonyl (C=O) groups is 2. The maximum Gasteiger partial charge on any atom is 0.255 e. The van der Waals surface area contributed by atoms with E-state index in [0.717, 1.165) is 31.5 Å². The van der Waals surface area contributed by atoms with Crippen molar-refractivity contribution < 1.29 is 22.7 Å². The standard InChI is InChI=1S/C25H31N3O5S/c1-17-7-6-8-22(25(30)27-13-4-5-14-27)23(17)26-24(29)20-9-11-21(12-10-20)34(31,32)28-15-18(2)33-19(3)16-28/h6-12,18-19H,4-5,13-16H2,1-3H3,(H,26,29). The van der Waals surface area contributed by atoms with E-state index in [4.69, 9.17) is 4.74 Å². The van der Waals surface area contributed by atoms with Crippen molar-refractivity contribution in [2.75, 3.05) is 31.5 Å². The summed E-state index contributed by atoms with van der Waals surface area (Å²) in [5, 5.41) is 2.87. The minimum atomic E-state index is -3.69. The first-order chi connectivity index (χ1) is 16.2. The van der Waals surface area contributed by atoms with Gasteiger partial charge in [-0.1, -0.05) is 12.1 Å². The van der Waals surface area contributed by atoms with E-state index in [2.05, 4.69) is 5.32 Å². The van der Waals surface area contributed by atoms with Gasteiger partial charge in [0.1, 0.15) is 0 Å². The quantitative estimate of drug-likeness (QED) is 0.701. The van der Waals surface area contributed by atoms with Crippen molar-refractivity contribution in [3.05, 3.63) is 59.2 Å². The Hall–Kier alpha value is -2.75. The number of hydrogen-bond acceptors (Lipinski definition) is 5. The molecule has 2 heterocycles. The first-order valence-corrected chi connectivity index (χ1v) is 13.1. The van der Waals surface area contributed by atoms with Gasteiger partial charge < -0.3 is 15.0 Å². The second kappa shape index (κ2) is 9.85. The first kappa shape index (κ1) is 24.4. The molecule has 2 amide bonds. The molecule has 2 fully saturated rings. The van der Waals surface area contributed by atoms with Crippen molar-refractivity contribution in [3.8, 4) is 0 Å². The van der Waals surface area contributed by atoms with Gasteiger partial charge >= 0.3 is 0 Å². The largest absolute Gasteiger partial charge is 0.373 e. The number of morpholine rings is 1. The predicted octanol–water partition coefficient (Wildman–Crippen LogP) is 3.28. The van der Waals surface area contributed by atoms with E-state index < -0.39 is 15.9 Å². The van der Waals surface area contributed by atoms with Crippen LogP contribution >= 0.6 is 0 Å². The van der Waals surface area contributed by atoms with E-state index >= 15 is 0 Å². The fraction of sp³-hybridized carbons (Fsp3) is 0.440. The van der Waals surface area contributed by atoms with Crippen molar-refractivity contribution in [2.45, 2.75) is 50.7 Å². The van der Waals surface area contributed by atoms with Gasteiger partial charge in [-0.2, -0.15) is 4.31 Å². The molecule has 0 spiro atoms. The molecule has 2 aromatic carbocycles. The lowest BCUT2D eigenvalue weighted by molar-refractivity contribution is -0.0440. The molecule has 2 aliphatic rings. The van der Waals surface area contributed by atoms with Crippen LogP contribution in [0.3, 0.4) is 0 Å². The molecule has 0 aromatic heterocycles. The number of carbonyl (C=O) groups excluding carboxylic acids is 2. The molecule has 0 aliphatic carbocycles. The number of aryl methyl sites for hydroxylation is 1. The lowest BCUT2D eigenvalue weighted by Gasteiger charge is -2.34. The average molecular weight is 486 g/mol. The maximum atomic E-state index is 13.1. The molecule has 0 saturated carbocycles. The molecule has 182 valence electrons. The molecule has 0 radical (unpaired) electrons. The SMILES string of the molecule is Cc1cccc(C(=O)N2CCCC2)c1NC(=O)c1ccc(S(=O)(=O)N2CC(C)OC(C)C2)cc1. The van der Waals surface area contributed by atoms with Gasteiger partial charge in [-0.05, 0) is 69.5 Å².